The predicted octanol–water partition coefficient (Wildman–Crippen LogP) is 4.47. The third kappa shape index (κ3) is 4.89. The molecule has 1 amide bonds. The maximum Gasteiger partial charge on any atom is 0.290 e. The average Bonchev–Trinajstić information content (AvgIpc) is 3.10. The van der Waals surface area contributed by atoms with Crippen LogP contribution in [0.5, 0.6) is 11.5 Å². The highest BCUT2D eigenvalue weighted by atomic mass is 19.1. The lowest BCUT2D eigenvalue weighted by Crippen LogP contribution is -2.35. The fourth-order valence-electron chi connectivity index (χ4n) is 4.26. The van der Waals surface area contributed by atoms with Crippen LogP contribution in [0.2, 0.25) is 0 Å². The monoisotopic (exact) mass is 482 g/mol. The van der Waals surface area contributed by atoms with E-state index in [1.165, 1.54) is 12.1 Å². The molecule has 4 rings (SSSR count). The normalized spacial score (nSPS) is 15.4. The number of nitrogens with zero attached hydrogens (tertiary/aromatic N) is 2. The molecule has 186 valence electrons. The van der Waals surface area contributed by atoms with Crippen LogP contribution in [0.3, 0.4) is 0 Å². The number of carbonyl (C=O) groups excluding carboxylic acids is 1. The molecular weight excluding hydrogens is 451 g/mol. The van der Waals surface area contributed by atoms with Gasteiger partial charge in [-0.15, -0.1) is 0 Å². The summed E-state index contributed by atoms with van der Waals surface area (Å²) in [5, 5.41) is 0.108. The van der Waals surface area contributed by atoms with Crippen molar-refractivity contribution in [2.75, 3.05) is 40.9 Å². The van der Waals surface area contributed by atoms with E-state index in [-0.39, 0.29) is 28.2 Å². The Hall–Kier alpha value is -3.39. The van der Waals surface area contributed by atoms with Crippen LogP contribution in [0.25, 0.3) is 11.0 Å². The zero-order chi connectivity index (χ0) is 25.3. The second kappa shape index (κ2) is 10.1. The second-order valence-electron chi connectivity index (χ2n) is 9.46. The van der Waals surface area contributed by atoms with E-state index in [1.807, 2.05) is 25.1 Å². The first kappa shape index (κ1) is 24.7. The lowest BCUT2D eigenvalue weighted by atomic mass is 9.98. The van der Waals surface area contributed by atoms with Gasteiger partial charge < -0.3 is 23.7 Å². The Labute approximate surface area is 204 Å². The maximum atomic E-state index is 14.0. The molecule has 1 atom stereocenters. The smallest absolute Gasteiger partial charge is 0.290 e. The quantitative estimate of drug-likeness (QED) is 0.448. The molecule has 0 spiro atoms. The van der Waals surface area contributed by atoms with Gasteiger partial charge in [-0.1, -0.05) is 19.9 Å². The van der Waals surface area contributed by atoms with E-state index in [2.05, 4.69) is 13.8 Å². The molecule has 0 radical (unpaired) electrons. The van der Waals surface area contributed by atoms with E-state index >= 15 is 0 Å². The van der Waals surface area contributed by atoms with E-state index in [0.717, 1.165) is 12.5 Å². The van der Waals surface area contributed by atoms with Crippen LogP contribution in [0, 0.1) is 11.7 Å². The molecule has 35 heavy (non-hydrogen) atoms. The van der Waals surface area contributed by atoms with Crippen LogP contribution in [0.1, 0.15) is 48.0 Å². The molecule has 7 nitrogen and oxygen atoms in total. The van der Waals surface area contributed by atoms with Crippen molar-refractivity contribution in [1.29, 1.82) is 0 Å². The Morgan fingerprint density at radius 2 is 1.89 bits per heavy atom. The largest absolute Gasteiger partial charge is 0.493 e. The lowest BCUT2D eigenvalue weighted by molar-refractivity contribution is 0.0716. The van der Waals surface area contributed by atoms with Crippen molar-refractivity contribution >= 4 is 16.9 Å². The van der Waals surface area contributed by atoms with Gasteiger partial charge in [0.05, 0.1) is 30.7 Å². The fourth-order valence-corrected chi connectivity index (χ4v) is 4.26. The Morgan fingerprint density at radius 3 is 2.57 bits per heavy atom. The zero-order valence-corrected chi connectivity index (χ0v) is 20.8. The summed E-state index contributed by atoms with van der Waals surface area (Å²) in [7, 11) is 5.38. The van der Waals surface area contributed by atoms with Crippen molar-refractivity contribution in [2.24, 2.45) is 5.92 Å². The molecule has 1 unspecified atom stereocenters. The van der Waals surface area contributed by atoms with Gasteiger partial charge in [0, 0.05) is 13.1 Å². The highest BCUT2D eigenvalue weighted by Crippen LogP contribution is 2.41. The van der Waals surface area contributed by atoms with Gasteiger partial charge in [0.15, 0.2) is 16.9 Å². The molecule has 2 aromatic carbocycles. The van der Waals surface area contributed by atoms with Crippen LogP contribution >= 0.6 is 0 Å². The lowest BCUT2D eigenvalue weighted by Gasteiger charge is -2.27. The van der Waals surface area contributed by atoms with E-state index in [1.54, 1.807) is 24.1 Å². The SMILES string of the molecule is COc1cc(C2c3c(oc4ccc(F)cc4c3=O)C(=O)N2CCN(C)C)ccc1OCCC(C)C. The summed E-state index contributed by atoms with van der Waals surface area (Å²) in [6.07, 6.45) is 0.901. The van der Waals surface area contributed by atoms with Gasteiger partial charge in [0.25, 0.3) is 5.91 Å². The Kier molecular flexibility index (Phi) is 7.12. The zero-order valence-electron chi connectivity index (χ0n) is 20.8. The highest BCUT2D eigenvalue weighted by Gasteiger charge is 2.42. The molecule has 2 heterocycles. The number of amides is 1. The van der Waals surface area contributed by atoms with Gasteiger partial charge in [0.1, 0.15) is 11.4 Å². The van der Waals surface area contributed by atoms with Crippen molar-refractivity contribution in [2.45, 2.75) is 26.3 Å². The van der Waals surface area contributed by atoms with Crippen molar-refractivity contribution < 1.29 is 23.1 Å². The van der Waals surface area contributed by atoms with E-state index in [0.29, 0.717) is 42.7 Å². The summed E-state index contributed by atoms with van der Waals surface area (Å²) in [6.45, 7) is 5.77. The minimum Gasteiger partial charge on any atom is -0.493 e. The minimum absolute atomic E-state index is 0.00547. The molecule has 0 saturated heterocycles. The molecule has 0 saturated carbocycles. The van der Waals surface area contributed by atoms with E-state index < -0.39 is 17.3 Å². The Morgan fingerprint density at radius 1 is 1.11 bits per heavy atom. The number of likely N-dealkylation sites (N-methyl/N-ethyl adjacent to an activating group) is 1. The van der Waals surface area contributed by atoms with Crippen molar-refractivity contribution in [3.05, 3.63) is 69.3 Å². The fraction of sp³-hybridized carbons (Fsp3) is 0.407. The third-order valence-electron chi connectivity index (χ3n) is 6.17. The van der Waals surface area contributed by atoms with Crippen molar-refractivity contribution in [1.82, 2.24) is 9.80 Å². The summed E-state index contributed by atoms with van der Waals surface area (Å²) >= 11 is 0. The number of rotatable bonds is 9. The summed E-state index contributed by atoms with van der Waals surface area (Å²) in [6, 6.07) is 8.46. The molecule has 0 bridgehead atoms. The first-order valence-corrected chi connectivity index (χ1v) is 11.7. The number of halogens is 1. The minimum atomic E-state index is -0.694. The number of ether oxygens (including phenoxy) is 2. The first-order valence-electron chi connectivity index (χ1n) is 11.7. The molecule has 1 aliphatic heterocycles. The molecule has 8 heteroatoms. The van der Waals surface area contributed by atoms with Crippen LogP contribution in [0.4, 0.5) is 4.39 Å². The Balaban J connectivity index is 1.82. The van der Waals surface area contributed by atoms with Crippen LogP contribution in [0.15, 0.2) is 45.6 Å². The van der Waals surface area contributed by atoms with Crippen molar-refractivity contribution in [3.8, 4) is 11.5 Å². The number of benzene rings is 2. The predicted molar refractivity (Wildman–Crippen MR) is 132 cm³/mol. The van der Waals surface area contributed by atoms with Crippen molar-refractivity contribution in [3.63, 3.8) is 0 Å². The van der Waals surface area contributed by atoms with E-state index in [4.69, 9.17) is 13.9 Å². The second-order valence-corrected chi connectivity index (χ2v) is 9.46. The number of hydrogen-bond acceptors (Lipinski definition) is 6. The van der Waals surface area contributed by atoms with Gasteiger partial charge in [-0.3, -0.25) is 9.59 Å². The molecule has 1 aliphatic rings. The number of hydrogen-bond donors (Lipinski definition) is 0. The van der Waals surface area contributed by atoms with E-state index in [9.17, 15) is 14.0 Å². The molecule has 0 aliphatic carbocycles. The van der Waals surface area contributed by atoms with Crippen LogP contribution in [-0.4, -0.2) is 56.6 Å². The van der Waals surface area contributed by atoms with Gasteiger partial charge in [0.2, 0.25) is 5.76 Å². The van der Waals surface area contributed by atoms with Gasteiger partial charge >= 0.3 is 0 Å². The summed E-state index contributed by atoms with van der Waals surface area (Å²) < 4.78 is 31.3. The average molecular weight is 483 g/mol. The first-order chi connectivity index (χ1) is 16.7. The van der Waals surface area contributed by atoms with Crippen LogP contribution in [-0.2, 0) is 0 Å². The number of fused-ring (bicyclic) bond motifs is 2. The third-order valence-corrected chi connectivity index (χ3v) is 6.17. The molecule has 1 aromatic heterocycles. The van der Waals surface area contributed by atoms with Gasteiger partial charge in [-0.25, -0.2) is 4.39 Å². The number of methoxy groups -OCH3 is 1. The standard InChI is InChI=1S/C27H31FN2O5/c1-16(2)10-13-34-21-8-6-17(14-22(21)33-5)24-23-25(31)19-15-18(28)7-9-20(19)35-26(23)27(32)30(24)12-11-29(3)4/h6-9,14-16,24H,10-13H2,1-5H3. The van der Waals surface area contributed by atoms with Gasteiger partial charge in [-0.05, 0) is 62.3 Å². The molecular formula is C27H31FN2O5. The summed E-state index contributed by atoms with van der Waals surface area (Å²) in [5.41, 5.74) is 0.667. The molecule has 3 aromatic rings. The van der Waals surface area contributed by atoms with Crippen LogP contribution < -0.4 is 14.9 Å². The number of carbonyl (C=O) groups is 1. The maximum absolute atomic E-state index is 14.0. The summed E-state index contributed by atoms with van der Waals surface area (Å²) in [4.78, 5) is 30.6. The van der Waals surface area contributed by atoms with Gasteiger partial charge in [-0.2, -0.15) is 0 Å². The molecule has 0 fully saturated rings. The Bertz CT molecular complexity index is 1300. The molecule has 0 N–H and O–H groups in total. The topological polar surface area (TPSA) is 72.2 Å². The highest BCUT2D eigenvalue weighted by molar-refractivity contribution is 5.99. The summed E-state index contributed by atoms with van der Waals surface area (Å²) in [5.74, 6) is 0.690.